The summed E-state index contributed by atoms with van der Waals surface area (Å²) < 4.78 is 19.5. The number of nitrogens with one attached hydrogen (secondary N) is 1. The van der Waals surface area contributed by atoms with Crippen LogP contribution in [-0.4, -0.2) is 42.3 Å². The predicted octanol–water partition coefficient (Wildman–Crippen LogP) is 2.57. The summed E-state index contributed by atoms with van der Waals surface area (Å²) in [5, 5.41) is 2.52. The maximum atomic E-state index is 14.1. The molecule has 0 atom stereocenters. The Morgan fingerprint density at radius 3 is 2.72 bits per heavy atom. The van der Waals surface area contributed by atoms with Gasteiger partial charge in [0.2, 0.25) is 0 Å². The first-order chi connectivity index (χ1) is 12.0. The molecule has 0 spiro atoms. The van der Waals surface area contributed by atoms with E-state index in [0.29, 0.717) is 48.7 Å². The summed E-state index contributed by atoms with van der Waals surface area (Å²) in [6.45, 7) is 4.46. The SMILES string of the molecule is Cc1c(Cl)nc(-c2ccc(NC(N)=O)c(F)c2)nc1N1CCOCC1. The van der Waals surface area contributed by atoms with Crippen LogP contribution in [0.3, 0.4) is 0 Å². The zero-order valence-electron chi connectivity index (χ0n) is 13.6. The molecular formula is C16H17ClFN5O2. The van der Waals surface area contributed by atoms with Gasteiger partial charge in [0.25, 0.3) is 0 Å². The number of carbonyl (C=O) groups is 1. The summed E-state index contributed by atoms with van der Waals surface area (Å²) >= 11 is 6.25. The van der Waals surface area contributed by atoms with Crippen LogP contribution in [0.15, 0.2) is 18.2 Å². The quantitative estimate of drug-likeness (QED) is 0.815. The maximum Gasteiger partial charge on any atom is 0.316 e. The van der Waals surface area contributed by atoms with Crippen molar-refractivity contribution < 1.29 is 13.9 Å². The normalized spacial score (nSPS) is 14.4. The van der Waals surface area contributed by atoms with Crippen molar-refractivity contribution in [3.63, 3.8) is 0 Å². The fraction of sp³-hybridized carbons (Fsp3) is 0.312. The fourth-order valence-corrected chi connectivity index (χ4v) is 2.74. The first kappa shape index (κ1) is 17.4. The zero-order valence-corrected chi connectivity index (χ0v) is 14.3. The van der Waals surface area contributed by atoms with Crippen molar-refractivity contribution in [2.24, 2.45) is 5.73 Å². The van der Waals surface area contributed by atoms with Gasteiger partial charge in [-0.15, -0.1) is 0 Å². The van der Waals surface area contributed by atoms with Crippen LogP contribution in [0.1, 0.15) is 5.56 Å². The Morgan fingerprint density at radius 2 is 2.08 bits per heavy atom. The second-order valence-corrected chi connectivity index (χ2v) is 5.93. The summed E-state index contributed by atoms with van der Waals surface area (Å²) in [6.07, 6.45) is 0. The molecule has 1 fully saturated rings. The number of morpholine rings is 1. The second-order valence-electron chi connectivity index (χ2n) is 5.57. The number of nitrogens with zero attached hydrogens (tertiary/aromatic N) is 3. The van der Waals surface area contributed by atoms with Crippen molar-refractivity contribution in [3.05, 3.63) is 34.7 Å². The number of ether oxygens (including phenoxy) is 1. The standard InChI is InChI=1S/C16H17ClFN5O2/c1-9-13(17)21-14(22-15(9)23-4-6-25-7-5-23)10-2-3-12(11(18)8-10)20-16(19)24/h2-3,8H,4-7H2,1H3,(H3,19,20,24). The summed E-state index contributed by atoms with van der Waals surface area (Å²) in [7, 11) is 0. The van der Waals surface area contributed by atoms with E-state index in [1.807, 2.05) is 6.92 Å². The number of hydrogen-bond acceptors (Lipinski definition) is 5. The summed E-state index contributed by atoms with van der Waals surface area (Å²) in [6, 6.07) is 3.39. The average molecular weight is 366 g/mol. The number of carbonyl (C=O) groups excluding carboxylic acids is 1. The Kier molecular flexibility index (Phi) is 5.00. The predicted molar refractivity (Wildman–Crippen MR) is 93.4 cm³/mol. The van der Waals surface area contributed by atoms with Crippen molar-refractivity contribution in [3.8, 4) is 11.4 Å². The molecule has 2 aromatic rings. The van der Waals surface area contributed by atoms with Gasteiger partial charge in [0.05, 0.1) is 18.9 Å². The van der Waals surface area contributed by atoms with Crippen LogP contribution < -0.4 is 16.0 Å². The van der Waals surface area contributed by atoms with Gasteiger partial charge in [-0.25, -0.2) is 19.2 Å². The molecule has 0 saturated carbocycles. The topological polar surface area (TPSA) is 93.4 Å². The lowest BCUT2D eigenvalue weighted by atomic mass is 10.1. The third kappa shape index (κ3) is 3.80. The smallest absolute Gasteiger partial charge is 0.316 e. The number of urea groups is 1. The zero-order chi connectivity index (χ0) is 18.0. The molecule has 1 aliphatic heterocycles. The maximum absolute atomic E-state index is 14.1. The van der Waals surface area contributed by atoms with Gasteiger partial charge < -0.3 is 20.7 Å². The molecule has 7 nitrogen and oxygen atoms in total. The van der Waals surface area contributed by atoms with Crippen LogP contribution >= 0.6 is 11.6 Å². The third-order valence-corrected chi connectivity index (χ3v) is 4.22. The molecule has 0 aliphatic carbocycles. The summed E-state index contributed by atoms with van der Waals surface area (Å²) in [5.74, 6) is 0.379. The van der Waals surface area contributed by atoms with Gasteiger partial charge in [0.1, 0.15) is 16.8 Å². The van der Waals surface area contributed by atoms with Crippen molar-refractivity contribution in [1.29, 1.82) is 0 Å². The Balaban J connectivity index is 1.98. The van der Waals surface area contributed by atoms with Gasteiger partial charge in [-0.05, 0) is 25.1 Å². The molecule has 0 unspecified atom stereocenters. The summed E-state index contributed by atoms with van der Waals surface area (Å²) in [4.78, 5) is 21.7. The Morgan fingerprint density at radius 1 is 1.36 bits per heavy atom. The summed E-state index contributed by atoms with van der Waals surface area (Å²) in [5.41, 5.74) is 6.21. The highest BCUT2D eigenvalue weighted by atomic mass is 35.5. The number of hydrogen-bond donors (Lipinski definition) is 2. The number of anilines is 2. The highest BCUT2D eigenvalue weighted by Gasteiger charge is 2.19. The van der Waals surface area contributed by atoms with Gasteiger partial charge in [0.15, 0.2) is 5.82 Å². The minimum absolute atomic E-state index is 0.0112. The van der Waals surface area contributed by atoms with Gasteiger partial charge >= 0.3 is 6.03 Å². The van der Waals surface area contributed by atoms with E-state index in [0.717, 1.165) is 5.56 Å². The lowest BCUT2D eigenvalue weighted by Crippen LogP contribution is -2.37. The molecule has 2 heterocycles. The number of primary amides is 1. The number of rotatable bonds is 3. The van der Waals surface area contributed by atoms with E-state index in [4.69, 9.17) is 22.1 Å². The number of amides is 2. The van der Waals surface area contributed by atoms with Gasteiger partial charge in [-0.2, -0.15) is 0 Å². The minimum Gasteiger partial charge on any atom is -0.378 e. The monoisotopic (exact) mass is 365 g/mol. The molecule has 132 valence electrons. The second kappa shape index (κ2) is 7.20. The minimum atomic E-state index is -0.837. The van der Waals surface area contributed by atoms with E-state index in [2.05, 4.69) is 20.2 Å². The number of halogens is 2. The Hall–Kier alpha value is -2.45. The number of nitrogens with two attached hydrogens (primary N) is 1. The molecule has 3 rings (SSSR count). The van der Waals surface area contributed by atoms with Crippen molar-refractivity contribution in [2.45, 2.75) is 6.92 Å². The van der Waals surface area contributed by atoms with E-state index in [-0.39, 0.29) is 5.69 Å². The van der Waals surface area contributed by atoms with Crippen LogP contribution in [0.5, 0.6) is 0 Å². The van der Waals surface area contributed by atoms with E-state index in [1.54, 1.807) is 6.07 Å². The van der Waals surface area contributed by atoms with Crippen LogP contribution in [-0.2, 0) is 4.74 Å². The molecule has 25 heavy (non-hydrogen) atoms. The van der Waals surface area contributed by atoms with Gasteiger partial charge in [-0.3, -0.25) is 0 Å². The highest BCUT2D eigenvalue weighted by molar-refractivity contribution is 6.30. The molecule has 1 saturated heterocycles. The largest absolute Gasteiger partial charge is 0.378 e. The molecule has 1 aliphatic rings. The van der Waals surface area contributed by atoms with Crippen LogP contribution in [0.4, 0.5) is 20.7 Å². The molecule has 0 radical (unpaired) electrons. The highest BCUT2D eigenvalue weighted by Crippen LogP contribution is 2.29. The van der Waals surface area contributed by atoms with Gasteiger partial charge in [-0.1, -0.05) is 11.6 Å². The van der Waals surface area contributed by atoms with E-state index in [1.165, 1.54) is 12.1 Å². The third-order valence-electron chi connectivity index (χ3n) is 3.86. The van der Waals surface area contributed by atoms with E-state index in [9.17, 15) is 9.18 Å². The molecule has 2 amide bonds. The molecule has 1 aromatic carbocycles. The molecule has 1 aromatic heterocycles. The van der Waals surface area contributed by atoms with Crippen molar-refractivity contribution >= 4 is 29.1 Å². The molecule has 9 heteroatoms. The first-order valence-electron chi connectivity index (χ1n) is 7.69. The lowest BCUT2D eigenvalue weighted by Gasteiger charge is -2.29. The molecular weight excluding hydrogens is 349 g/mol. The first-order valence-corrected chi connectivity index (χ1v) is 8.06. The van der Waals surface area contributed by atoms with Crippen LogP contribution in [0, 0.1) is 12.7 Å². The number of aromatic nitrogens is 2. The van der Waals surface area contributed by atoms with Gasteiger partial charge in [0, 0.05) is 24.2 Å². The van der Waals surface area contributed by atoms with E-state index >= 15 is 0 Å². The fourth-order valence-electron chi connectivity index (χ4n) is 2.58. The Bertz CT molecular complexity index is 811. The van der Waals surface area contributed by atoms with Crippen molar-refractivity contribution in [2.75, 3.05) is 36.5 Å². The van der Waals surface area contributed by atoms with Crippen LogP contribution in [0.2, 0.25) is 5.15 Å². The average Bonchev–Trinajstić information content (AvgIpc) is 2.59. The van der Waals surface area contributed by atoms with Crippen molar-refractivity contribution in [1.82, 2.24) is 9.97 Å². The molecule has 3 N–H and O–H groups in total. The molecule has 0 bridgehead atoms. The lowest BCUT2D eigenvalue weighted by molar-refractivity contribution is 0.122. The number of benzene rings is 1. The Labute approximate surface area is 149 Å². The van der Waals surface area contributed by atoms with Crippen LogP contribution in [0.25, 0.3) is 11.4 Å². The van der Waals surface area contributed by atoms with E-state index < -0.39 is 11.8 Å².